The van der Waals surface area contributed by atoms with Gasteiger partial charge in [-0.1, -0.05) is 30.3 Å². The Morgan fingerprint density at radius 2 is 2.06 bits per heavy atom. The molecule has 1 aromatic rings. The van der Waals surface area contributed by atoms with E-state index >= 15 is 0 Å². The maximum absolute atomic E-state index is 11.7. The highest BCUT2D eigenvalue weighted by molar-refractivity contribution is 6.13. The van der Waals surface area contributed by atoms with Crippen LogP contribution in [0.5, 0.6) is 0 Å². The molecule has 1 aromatic carbocycles. The van der Waals surface area contributed by atoms with Crippen molar-refractivity contribution >= 4 is 17.8 Å². The number of hydrogen-bond donors (Lipinski definition) is 0. The van der Waals surface area contributed by atoms with Gasteiger partial charge in [-0.05, 0) is 24.1 Å². The van der Waals surface area contributed by atoms with Crippen LogP contribution in [0.3, 0.4) is 0 Å². The third-order valence-electron chi connectivity index (χ3n) is 2.54. The van der Waals surface area contributed by atoms with Crippen molar-refractivity contribution in [3.63, 3.8) is 0 Å². The van der Waals surface area contributed by atoms with Crippen LogP contribution >= 0.6 is 0 Å². The molecule has 1 unspecified atom stereocenters. The number of fused-ring (bicyclic) bond motifs is 1. The second-order valence-corrected chi connectivity index (χ2v) is 3.55. The smallest absolute Gasteiger partial charge is 0.321 e. The summed E-state index contributed by atoms with van der Waals surface area (Å²) in [7, 11) is 0. The van der Waals surface area contributed by atoms with Gasteiger partial charge >= 0.3 is 5.97 Å². The summed E-state index contributed by atoms with van der Waals surface area (Å²) < 4.78 is 4.91. The average Bonchev–Trinajstić information content (AvgIpc) is 2.29. The first-order chi connectivity index (χ1) is 7.74. The summed E-state index contributed by atoms with van der Waals surface area (Å²) in [6.45, 7) is 2.02. The zero-order chi connectivity index (χ0) is 11.5. The van der Waals surface area contributed by atoms with Crippen LogP contribution in [0, 0.1) is 0 Å². The van der Waals surface area contributed by atoms with Gasteiger partial charge in [-0.2, -0.15) is 0 Å². The standard InChI is InChI=1S/C13H12O3/c1-2-16-13(15)12-10-6-4-3-5-9(10)7-8-11(12)14/h3-8,12H,2H2,1H3. The Bertz CT molecular complexity index is 460. The van der Waals surface area contributed by atoms with Crippen LogP contribution in [0.25, 0.3) is 6.08 Å². The predicted octanol–water partition coefficient (Wildman–Crippen LogP) is 1.93. The van der Waals surface area contributed by atoms with Crippen molar-refractivity contribution in [2.45, 2.75) is 12.8 Å². The van der Waals surface area contributed by atoms with E-state index in [0.717, 1.165) is 11.1 Å². The SMILES string of the molecule is CCOC(=O)C1C(=O)C=Cc2ccccc21. The fraction of sp³-hybridized carbons (Fsp3) is 0.231. The Hall–Kier alpha value is -1.90. The van der Waals surface area contributed by atoms with Crippen molar-refractivity contribution < 1.29 is 14.3 Å². The Kier molecular flexibility index (Phi) is 2.86. The van der Waals surface area contributed by atoms with E-state index in [-0.39, 0.29) is 12.4 Å². The predicted molar refractivity (Wildman–Crippen MR) is 59.9 cm³/mol. The average molecular weight is 216 g/mol. The molecule has 2 rings (SSSR count). The number of hydrogen-bond acceptors (Lipinski definition) is 3. The number of ketones is 1. The molecule has 0 saturated heterocycles. The van der Waals surface area contributed by atoms with Gasteiger partial charge in [0.15, 0.2) is 5.78 Å². The molecule has 0 heterocycles. The molecule has 3 heteroatoms. The minimum absolute atomic E-state index is 0.211. The topological polar surface area (TPSA) is 43.4 Å². The number of ether oxygens (including phenoxy) is 1. The molecule has 3 nitrogen and oxygen atoms in total. The van der Waals surface area contributed by atoms with Crippen LogP contribution in [0.1, 0.15) is 24.0 Å². The lowest BCUT2D eigenvalue weighted by Gasteiger charge is -2.18. The number of rotatable bonds is 2. The monoisotopic (exact) mass is 216 g/mol. The summed E-state index contributed by atoms with van der Waals surface area (Å²) in [6, 6.07) is 7.36. The first-order valence-electron chi connectivity index (χ1n) is 5.21. The summed E-state index contributed by atoms with van der Waals surface area (Å²) in [4.78, 5) is 23.4. The lowest BCUT2D eigenvalue weighted by atomic mass is 9.86. The van der Waals surface area contributed by atoms with Gasteiger partial charge in [-0.15, -0.1) is 0 Å². The summed E-state index contributed by atoms with van der Waals surface area (Å²) in [6.07, 6.45) is 3.16. The number of benzene rings is 1. The number of esters is 1. The second-order valence-electron chi connectivity index (χ2n) is 3.55. The quantitative estimate of drug-likeness (QED) is 0.560. The van der Waals surface area contributed by atoms with E-state index < -0.39 is 11.9 Å². The molecule has 0 radical (unpaired) electrons. The van der Waals surface area contributed by atoms with Crippen LogP contribution in [0.2, 0.25) is 0 Å². The van der Waals surface area contributed by atoms with E-state index in [4.69, 9.17) is 4.74 Å². The van der Waals surface area contributed by atoms with E-state index in [2.05, 4.69) is 0 Å². The lowest BCUT2D eigenvalue weighted by molar-refractivity contribution is -0.147. The molecule has 0 bridgehead atoms. The fourth-order valence-electron chi connectivity index (χ4n) is 1.82. The van der Waals surface area contributed by atoms with Crippen molar-refractivity contribution in [1.29, 1.82) is 0 Å². The highest BCUT2D eigenvalue weighted by Crippen LogP contribution is 2.28. The van der Waals surface area contributed by atoms with Gasteiger partial charge in [0.25, 0.3) is 0 Å². The molecule has 0 spiro atoms. The first kappa shape index (κ1) is 10.6. The van der Waals surface area contributed by atoms with Gasteiger partial charge in [0, 0.05) is 0 Å². The van der Waals surface area contributed by atoms with E-state index in [1.807, 2.05) is 18.2 Å². The van der Waals surface area contributed by atoms with E-state index in [1.165, 1.54) is 6.08 Å². The zero-order valence-corrected chi connectivity index (χ0v) is 8.97. The fourth-order valence-corrected chi connectivity index (χ4v) is 1.82. The minimum atomic E-state index is -0.791. The highest BCUT2D eigenvalue weighted by atomic mass is 16.5. The second kappa shape index (κ2) is 4.31. The molecule has 0 N–H and O–H groups in total. The normalized spacial score (nSPS) is 18.1. The summed E-state index contributed by atoms with van der Waals surface area (Å²) in [5.74, 6) is -1.47. The lowest BCUT2D eigenvalue weighted by Crippen LogP contribution is -2.25. The molecular weight excluding hydrogens is 204 g/mol. The summed E-state index contributed by atoms with van der Waals surface area (Å²) in [5, 5.41) is 0. The van der Waals surface area contributed by atoms with Gasteiger partial charge in [0.2, 0.25) is 0 Å². The number of allylic oxidation sites excluding steroid dienone is 1. The molecule has 0 saturated carbocycles. The molecule has 0 aliphatic heterocycles. The number of carbonyl (C=O) groups excluding carboxylic acids is 2. The van der Waals surface area contributed by atoms with Crippen molar-refractivity contribution in [3.8, 4) is 0 Å². The van der Waals surface area contributed by atoms with Gasteiger partial charge in [-0.25, -0.2) is 0 Å². The van der Waals surface area contributed by atoms with Crippen LogP contribution in [-0.2, 0) is 14.3 Å². The van der Waals surface area contributed by atoms with Crippen LogP contribution in [-0.4, -0.2) is 18.4 Å². The Balaban J connectivity index is 2.41. The Labute approximate surface area is 93.7 Å². The summed E-state index contributed by atoms with van der Waals surface area (Å²) >= 11 is 0. The third-order valence-corrected chi connectivity index (χ3v) is 2.54. The molecule has 1 aliphatic carbocycles. The molecule has 16 heavy (non-hydrogen) atoms. The van der Waals surface area contributed by atoms with Gasteiger partial charge in [0.05, 0.1) is 6.61 Å². The molecule has 0 amide bonds. The maximum Gasteiger partial charge on any atom is 0.321 e. The van der Waals surface area contributed by atoms with E-state index in [1.54, 1.807) is 19.1 Å². The van der Waals surface area contributed by atoms with E-state index in [0.29, 0.717) is 0 Å². The van der Waals surface area contributed by atoms with Gasteiger partial charge in [0.1, 0.15) is 5.92 Å². The summed E-state index contributed by atoms with van der Waals surface area (Å²) in [5.41, 5.74) is 1.63. The van der Waals surface area contributed by atoms with Crippen LogP contribution in [0.4, 0.5) is 0 Å². The molecule has 82 valence electrons. The Morgan fingerprint density at radius 1 is 1.31 bits per heavy atom. The van der Waals surface area contributed by atoms with Crippen molar-refractivity contribution in [1.82, 2.24) is 0 Å². The van der Waals surface area contributed by atoms with Crippen molar-refractivity contribution in [2.24, 2.45) is 0 Å². The number of carbonyl (C=O) groups is 2. The Morgan fingerprint density at radius 3 is 2.81 bits per heavy atom. The highest BCUT2D eigenvalue weighted by Gasteiger charge is 2.31. The first-order valence-corrected chi connectivity index (χ1v) is 5.21. The van der Waals surface area contributed by atoms with Crippen LogP contribution < -0.4 is 0 Å². The zero-order valence-electron chi connectivity index (χ0n) is 8.97. The minimum Gasteiger partial charge on any atom is -0.465 e. The molecule has 1 aliphatic rings. The largest absolute Gasteiger partial charge is 0.465 e. The van der Waals surface area contributed by atoms with Crippen molar-refractivity contribution in [3.05, 3.63) is 41.5 Å². The third kappa shape index (κ3) is 1.76. The molecule has 1 atom stereocenters. The van der Waals surface area contributed by atoms with Gasteiger partial charge in [-0.3, -0.25) is 9.59 Å². The van der Waals surface area contributed by atoms with Gasteiger partial charge < -0.3 is 4.74 Å². The molecular formula is C13H12O3. The molecule has 0 aromatic heterocycles. The molecule has 0 fully saturated rings. The van der Waals surface area contributed by atoms with Crippen LogP contribution in [0.15, 0.2) is 30.3 Å². The van der Waals surface area contributed by atoms with E-state index in [9.17, 15) is 9.59 Å². The van der Waals surface area contributed by atoms with Crippen molar-refractivity contribution in [2.75, 3.05) is 6.61 Å². The maximum atomic E-state index is 11.7.